The van der Waals surface area contributed by atoms with Crippen LogP contribution in [-0.2, 0) is 11.0 Å². The molecule has 0 atom stereocenters. The zero-order valence-corrected chi connectivity index (χ0v) is 11.5. The van der Waals surface area contributed by atoms with E-state index < -0.39 is 17.8 Å². The van der Waals surface area contributed by atoms with Gasteiger partial charge in [0.2, 0.25) is 11.8 Å². The van der Waals surface area contributed by atoms with Crippen molar-refractivity contribution in [1.29, 1.82) is 0 Å². The number of nitrogens with one attached hydrogen (secondary N) is 1. The zero-order valence-electron chi connectivity index (χ0n) is 9.87. The molecule has 1 aromatic heterocycles. The first kappa shape index (κ1) is 14.6. The summed E-state index contributed by atoms with van der Waals surface area (Å²) in [5, 5.41) is 5.19. The summed E-state index contributed by atoms with van der Waals surface area (Å²) in [6.45, 7) is 0. The first-order valence-corrected chi connectivity index (χ1v) is 6.53. The van der Waals surface area contributed by atoms with Crippen LogP contribution in [0.3, 0.4) is 0 Å². The van der Waals surface area contributed by atoms with Gasteiger partial charge in [-0.15, -0.1) is 0 Å². The van der Waals surface area contributed by atoms with Gasteiger partial charge in [-0.2, -0.15) is 13.2 Å². The van der Waals surface area contributed by atoms with Gasteiger partial charge in [-0.25, -0.2) is 0 Å². The van der Waals surface area contributed by atoms with Crippen LogP contribution in [0.4, 0.5) is 19.1 Å². The van der Waals surface area contributed by atoms with Crippen molar-refractivity contribution >= 4 is 27.7 Å². The van der Waals surface area contributed by atoms with E-state index in [4.69, 9.17) is 0 Å². The fourth-order valence-corrected chi connectivity index (χ4v) is 1.74. The van der Waals surface area contributed by atoms with Crippen LogP contribution in [0.5, 0.6) is 0 Å². The molecule has 0 saturated heterocycles. The standard InChI is InChI=1S/C12H8BrF3N2O2/c13-6-8(19)17-11-9(7-4-2-1-3-5-7)10(18-20-11)12(14,15)16/h1-5H,6H2,(H,17,19). The number of hydrogen-bond acceptors (Lipinski definition) is 3. The quantitative estimate of drug-likeness (QED) is 0.860. The number of halogens is 4. The van der Waals surface area contributed by atoms with Crippen LogP contribution in [0, 0.1) is 0 Å². The highest BCUT2D eigenvalue weighted by Crippen LogP contribution is 2.40. The molecule has 0 bridgehead atoms. The maximum Gasteiger partial charge on any atom is 0.437 e. The van der Waals surface area contributed by atoms with Crippen molar-refractivity contribution in [1.82, 2.24) is 5.16 Å². The van der Waals surface area contributed by atoms with Gasteiger partial charge in [0.05, 0.1) is 10.9 Å². The predicted molar refractivity (Wildman–Crippen MR) is 69.4 cm³/mol. The molecule has 0 aliphatic heterocycles. The van der Waals surface area contributed by atoms with E-state index in [2.05, 4.69) is 30.9 Å². The Hall–Kier alpha value is -1.83. The second kappa shape index (κ2) is 5.66. The third kappa shape index (κ3) is 3.01. The molecule has 8 heteroatoms. The first-order valence-electron chi connectivity index (χ1n) is 5.41. The van der Waals surface area contributed by atoms with Crippen molar-refractivity contribution in [2.75, 3.05) is 10.6 Å². The largest absolute Gasteiger partial charge is 0.437 e. The SMILES string of the molecule is O=C(CBr)Nc1onc(C(F)(F)F)c1-c1ccccc1. The van der Waals surface area contributed by atoms with Crippen LogP contribution in [0.1, 0.15) is 5.69 Å². The lowest BCUT2D eigenvalue weighted by Crippen LogP contribution is -2.13. The van der Waals surface area contributed by atoms with Crippen LogP contribution >= 0.6 is 15.9 Å². The summed E-state index contributed by atoms with van der Waals surface area (Å²) in [6.07, 6.45) is -4.67. The molecule has 0 aliphatic rings. The molecule has 0 unspecified atom stereocenters. The lowest BCUT2D eigenvalue weighted by molar-refractivity contribution is -0.142. The van der Waals surface area contributed by atoms with Gasteiger partial charge in [-0.05, 0) is 5.56 Å². The molecule has 106 valence electrons. The molecule has 2 aromatic rings. The summed E-state index contributed by atoms with van der Waals surface area (Å²) < 4.78 is 43.4. The van der Waals surface area contributed by atoms with Gasteiger partial charge >= 0.3 is 6.18 Å². The summed E-state index contributed by atoms with van der Waals surface area (Å²) >= 11 is 2.90. The van der Waals surface area contributed by atoms with Crippen LogP contribution in [0.25, 0.3) is 11.1 Å². The molecule has 0 radical (unpaired) electrons. The minimum Gasteiger partial charge on any atom is -0.337 e. The number of nitrogens with zero attached hydrogens (tertiary/aromatic N) is 1. The zero-order chi connectivity index (χ0) is 14.8. The number of carbonyl (C=O) groups is 1. The Bertz CT molecular complexity index is 611. The van der Waals surface area contributed by atoms with Crippen molar-refractivity contribution in [3.8, 4) is 11.1 Å². The predicted octanol–water partition coefficient (Wildman–Crippen LogP) is 3.69. The number of alkyl halides is 4. The highest BCUT2D eigenvalue weighted by atomic mass is 79.9. The summed E-state index contributed by atoms with van der Waals surface area (Å²) in [4.78, 5) is 11.3. The van der Waals surface area contributed by atoms with E-state index in [1.165, 1.54) is 12.1 Å². The molecule has 1 heterocycles. The third-order valence-corrected chi connectivity index (χ3v) is 2.91. The fraction of sp³-hybridized carbons (Fsp3) is 0.167. The third-order valence-electron chi connectivity index (χ3n) is 2.40. The van der Waals surface area contributed by atoms with Gasteiger partial charge in [-0.3, -0.25) is 10.1 Å². The number of rotatable bonds is 3. The smallest absolute Gasteiger partial charge is 0.337 e. The summed E-state index contributed by atoms with van der Waals surface area (Å²) in [5.41, 5.74) is -1.20. The Morgan fingerprint density at radius 1 is 1.30 bits per heavy atom. The number of carbonyl (C=O) groups excluding carboxylic acids is 1. The monoisotopic (exact) mass is 348 g/mol. The second-order valence-electron chi connectivity index (χ2n) is 3.78. The summed E-state index contributed by atoms with van der Waals surface area (Å²) in [6, 6.07) is 7.79. The van der Waals surface area contributed by atoms with Crippen LogP contribution in [0.15, 0.2) is 34.9 Å². The molecule has 1 amide bonds. The lowest BCUT2D eigenvalue weighted by atomic mass is 10.1. The average Bonchev–Trinajstić information content (AvgIpc) is 2.83. The van der Waals surface area contributed by atoms with Gasteiger partial charge in [0.25, 0.3) is 0 Å². The van der Waals surface area contributed by atoms with Crippen molar-refractivity contribution in [3.63, 3.8) is 0 Å². The van der Waals surface area contributed by atoms with Crippen molar-refractivity contribution in [3.05, 3.63) is 36.0 Å². The minimum atomic E-state index is -4.67. The van der Waals surface area contributed by atoms with Crippen LogP contribution < -0.4 is 5.32 Å². The lowest BCUT2D eigenvalue weighted by Gasteiger charge is -2.07. The van der Waals surface area contributed by atoms with E-state index in [1.54, 1.807) is 18.2 Å². The Labute approximate surface area is 120 Å². The van der Waals surface area contributed by atoms with E-state index in [0.717, 1.165) is 0 Å². The molecule has 0 aliphatic carbocycles. The second-order valence-corrected chi connectivity index (χ2v) is 4.34. The molecule has 20 heavy (non-hydrogen) atoms. The van der Waals surface area contributed by atoms with E-state index in [1.807, 2.05) is 0 Å². The Morgan fingerprint density at radius 2 is 1.95 bits per heavy atom. The molecule has 0 spiro atoms. The van der Waals surface area contributed by atoms with Gasteiger partial charge in [0.1, 0.15) is 0 Å². The molecule has 2 rings (SSSR count). The molecule has 0 saturated carbocycles. The van der Waals surface area contributed by atoms with Crippen molar-refractivity contribution in [2.24, 2.45) is 0 Å². The van der Waals surface area contributed by atoms with E-state index in [9.17, 15) is 18.0 Å². The average molecular weight is 349 g/mol. The number of benzene rings is 1. The van der Waals surface area contributed by atoms with Gasteiger partial charge in [0.15, 0.2) is 5.69 Å². The Balaban J connectivity index is 2.55. The minimum absolute atomic E-state index is 0.0662. The van der Waals surface area contributed by atoms with Crippen molar-refractivity contribution in [2.45, 2.75) is 6.18 Å². The number of amides is 1. The topological polar surface area (TPSA) is 55.1 Å². The van der Waals surface area contributed by atoms with E-state index in [-0.39, 0.29) is 22.3 Å². The number of anilines is 1. The Morgan fingerprint density at radius 3 is 2.50 bits per heavy atom. The molecular formula is C12H8BrF3N2O2. The summed E-state index contributed by atoms with van der Waals surface area (Å²) in [7, 11) is 0. The maximum absolute atomic E-state index is 12.9. The van der Waals surface area contributed by atoms with Crippen LogP contribution in [0.2, 0.25) is 0 Å². The summed E-state index contributed by atoms with van der Waals surface area (Å²) in [5.74, 6) is -0.861. The van der Waals surface area contributed by atoms with Gasteiger partial charge < -0.3 is 4.52 Å². The molecule has 0 fully saturated rings. The highest BCUT2D eigenvalue weighted by Gasteiger charge is 2.40. The van der Waals surface area contributed by atoms with E-state index >= 15 is 0 Å². The maximum atomic E-state index is 12.9. The molecule has 4 nitrogen and oxygen atoms in total. The van der Waals surface area contributed by atoms with E-state index in [0.29, 0.717) is 0 Å². The molecular weight excluding hydrogens is 341 g/mol. The fourth-order valence-electron chi connectivity index (χ4n) is 1.60. The first-order chi connectivity index (χ1) is 9.43. The van der Waals surface area contributed by atoms with Crippen LogP contribution in [-0.4, -0.2) is 16.4 Å². The van der Waals surface area contributed by atoms with Gasteiger partial charge in [0, 0.05) is 0 Å². The Kier molecular flexibility index (Phi) is 4.12. The molecule has 1 aromatic carbocycles. The number of hydrogen-bond donors (Lipinski definition) is 1. The normalized spacial score (nSPS) is 11.4. The van der Waals surface area contributed by atoms with Gasteiger partial charge in [-0.1, -0.05) is 51.4 Å². The highest BCUT2D eigenvalue weighted by molar-refractivity contribution is 9.09. The number of aromatic nitrogens is 1. The molecule has 1 N–H and O–H groups in total. The van der Waals surface area contributed by atoms with Crippen molar-refractivity contribution < 1.29 is 22.5 Å².